The number of esters is 1. The van der Waals surface area contributed by atoms with Gasteiger partial charge in [0.05, 0.1) is 27.1 Å². The third-order valence-electron chi connectivity index (χ3n) is 4.37. The molecule has 8 nitrogen and oxygen atoms in total. The molecule has 0 fully saturated rings. The number of hydrogen-bond acceptors (Lipinski definition) is 7. The summed E-state index contributed by atoms with van der Waals surface area (Å²) >= 11 is 0. The lowest BCUT2D eigenvalue weighted by atomic mass is 10.1. The largest absolute Gasteiger partial charge is 0.496 e. The molecule has 8 heteroatoms. The van der Waals surface area contributed by atoms with Crippen LogP contribution in [0, 0.1) is 0 Å². The molecule has 0 aliphatic heterocycles. The second kappa shape index (κ2) is 12.0. The van der Waals surface area contributed by atoms with Crippen molar-refractivity contribution in [1.29, 1.82) is 0 Å². The minimum atomic E-state index is -0.975. The van der Waals surface area contributed by atoms with E-state index in [1.54, 1.807) is 36.4 Å². The van der Waals surface area contributed by atoms with Crippen molar-refractivity contribution < 1.29 is 38.5 Å². The van der Waals surface area contributed by atoms with Gasteiger partial charge in [-0.15, -0.1) is 0 Å². The Balaban J connectivity index is 2.00. The van der Waals surface area contributed by atoms with Crippen LogP contribution >= 0.6 is 0 Å². The highest BCUT2D eigenvalue weighted by molar-refractivity contribution is 6.10. The number of rotatable bonds is 11. The van der Waals surface area contributed by atoms with E-state index < -0.39 is 11.9 Å². The number of carboxylic acids is 1. The first kappa shape index (κ1) is 25.1. The van der Waals surface area contributed by atoms with Crippen molar-refractivity contribution in [3.05, 3.63) is 65.2 Å². The van der Waals surface area contributed by atoms with Gasteiger partial charge in [0.25, 0.3) is 0 Å². The van der Waals surface area contributed by atoms with E-state index in [0.29, 0.717) is 28.2 Å². The lowest BCUT2D eigenvalue weighted by Gasteiger charge is -2.08. The number of ether oxygens (including phenoxy) is 3. The Kier molecular flexibility index (Phi) is 9.11. The normalized spacial score (nSPS) is 10.9. The van der Waals surface area contributed by atoms with Gasteiger partial charge < -0.3 is 19.3 Å². The summed E-state index contributed by atoms with van der Waals surface area (Å²) in [6.07, 6.45) is 5.15. The standard InChI is InChI=1S/C25H24O8/c1-16(26)33-22-11-7-18(13-24(22)32-3)6-10-21(28)15-20(27)9-5-17-4-8-19(14-25(29)30)23(12-17)31-2/h4-13H,14-15H2,1-3H3,(H,29,30)/b9-5+,10-6+. The summed E-state index contributed by atoms with van der Waals surface area (Å²) in [6, 6.07) is 9.70. The predicted molar refractivity (Wildman–Crippen MR) is 121 cm³/mol. The molecule has 0 unspecified atom stereocenters. The van der Waals surface area contributed by atoms with Crippen molar-refractivity contribution in [1.82, 2.24) is 0 Å². The van der Waals surface area contributed by atoms with Crippen molar-refractivity contribution >= 4 is 35.7 Å². The van der Waals surface area contributed by atoms with E-state index in [1.807, 2.05) is 0 Å². The predicted octanol–water partition coefficient (Wildman–Crippen LogP) is 3.51. The molecule has 0 atom stereocenters. The molecule has 0 radical (unpaired) electrons. The molecule has 0 saturated carbocycles. The molecular formula is C25H24O8. The van der Waals surface area contributed by atoms with E-state index in [1.165, 1.54) is 45.4 Å². The molecule has 33 heavy (non-hydrogen) atoms. The Morgan fingerprint density at radius 1 is 0.818 bits per heavy atom. The maximum atomic E-state index is 12.1. The molecule has 0 spiro atoms. The number of aliphatic carboxylic acids is 1. The molecule has 2 aromatic carbocycles. The highest BCUT2D eigenvalue weighted by Gasteiger charge is 2.09. The molecule has 0 bridgehead atoms. The first-order valence-electron chi connectivity index (χ1n) is 9.88. The van der Waals surface area contributed by atoms with Crippen LogP contribution in [0.1, 0.15) is 30.0 Å². The van der Waals surface area contributed by atoms with Crippen LogP contribution in [0.25, 0.3) is 12.2 Å². The van der Waals surface area contributed by atoms with Gasteiger partial charge in [-0.2, -0.15) is 0 Å². The maximum absolute atomic E-state index is 12.1. The fourth-order valence-corrected chi connectivity index (χ4v) is 2.87. The van der Waals surface area contributed by atoms with Crippen LogP contribution < -0.4 is 14.2 Å². The lowest BCUT2D eigenvalue weighted by molar-refractivity contribution is -0.136. The number of carbonyl (C=O) groups is 4. The van der Waals surface area contributed by atoms with Gasteiger partial charge in [-0.05, 0) is 41.5 Å². The van der Waals surface area contributed by atoms with E-state index in [9.17, 15) is 19.2 Å². The van der Waals surface area contributed by atoms with Crippen molar-refractivity contribution in [2.45, 2.75) is 19.8 Å². The zero-order valence-electron chi connectivity index (χ0n) is 18.5. The monoisotopic (exact) mass is 452 g/mol. The van der Waals surface area contributed by atoms with Gasteiger partial charge in [0, 0.05) is 12.5 Å². The number of carboxylic acid groups (broad SMARTS) is 1. The Morgan fingerprint density at radius 2 is 1.36 bits per heavy atom. The molecule has 0 saturated heterocycles. The summed E-state index contributed by atoms with van der Waals surface area (Å²) < 4.78 is 15.4. The van der Waals surface area contributed by atoms with Crippen molar-refractivity contribution in [2.75, 3.05) is 14.2 Å². The average molecular weight is 452 g/mol. The first-order chi connectivity index (χ1) is 15.7. The molecule has 0 aliphatic rings. The molecule has 2 rings (SSSR count). The van der Waals surface area contributed by atoms with Gasteiger partial charge in [-0.3, -0.25) is 19.2 Å². The van der Waals surface area contributed by atoms with E-state index in [2.05, 4.69) is 0 Å². The highest BCUT2D eigenvalue weighted by Crippen LogP contribution is 2.28. The van der Waals surface area contributed by atoms with Crippen LogP contribution in [-0.4, -0.2) is 42.8 Å². The van der Waals surface area contributed by atoms with Crippen LogP contribution in [0.3, 0.4) is 0 Å². The van der Waals surface area contributed by atoms with E-state index in [0.717, 1.165) is 0 Å². The fourth-order valence-electron chi connectivity index (χ4n) is 2.87. The first-order valence-corrected chi connectivity index (χ1v) is 9.88. The van der Waals surface area contributed by atoms with E-state index >= 15 is 0 Å². The summed E-state index contributed by atoms with van der Waals surface area (Å²) in [7, 11) is 2.87. The van der Waals surface area contributed by atoms with Crippen LogP contribution in [0.4, 0.5) is 0 Å². The molecule has 2 aromatic rings. The molecule has 0 amide bonds. The minimum Gasteiger partial charge on any atom is -0.496 e. The van der Waals surface area contributed by atoms with E-state index in [-0.39, 0.29) is 30.2 Å². The van der Waals surface area contributed by atoms with Gasteiger partial charge in [-0.1, -0.05) is 30.4 Å². The van der Waals surface area contributed by atoms with Gasteiger partial charge >= 0.3 is 11.9 Å². The quantitative estimate of drug-likeness (QED) is 0.238. The summed E-state index contributed by atoms with van der Waals surface area (Å²) in [6.45, 7) is 1.28. The number of hydrogen-bond donors (Lipinski definition) is 1. The number of benzene rings is 2. The Bertz CT molecular complexity index is 1020. The number of ketones is 2. The molecule has 0 heterocycles. The third kappa shape index (κ3) is 8.10. The molecular weight excluding hydrogens is 428 g/mol. The smallest absolute Gasteiger partial charge is 0.308 e. The summed E-state index contributed by atoms with van der Waals surface area (Å²) in [5.41, 5.74) is 1.79. The summed E-state index contributed by atoms with van der Waals surface area (Å²) in [5, 5.41) is 8.93. The molecule has 0 aliphatic carbocycles. The topological polar surface area (TPSA) is 116 Å². The molecule has 0 aromatic heterocycles. The Morgan fingerprint density at radius 3 is 1.88 bits per heavy atom. The SMILES string of the molecule is COc1cc(/C=C/C(=O)CC(=O)/C=C/c2ccc(OC(C)=O)c(OC)c2)ccc1CC(=O)O. The van der Waals surface area contributed by atoms with Gasteiger partial charge in [0.2, 0.25) is 0 Å². The lowest BCUT2D eigenvalue weighted by Crippen LogP contribution is -2.03. The minimum absolute atomic E-state index is 0.175. The number of methoxy groups -OCH3 is 2. The maximum Gasteiger partial charge on any atom is 0.308 e. The second-order valence-electron chi connectivity index (χ2n) is 6.92. The zero-order chi connectivity index (χ0) is 24.4. The van der Waals surface area contributed by atoms with Crippen LogP contribution in [0.2, 0.25) is 0 Å². The van der Waals surface area contributed by atoms with Crippen LogP contribution in [-0.2, 0) is 25.6 Å². The van der Waals surface area contributed by atoms with Gasteiger partial charge in [-0.25, -0.2) is 0 Å². The third-order valence-corrected chi connectivity index (χ3v) is 4.37. The molecule has 172 valence electrons. The number of carbonyl (C=O) groups excluding carboxylic acids is 3. The van der Waals surface area contributed by atoms with Crippen LogP contribution in [0.5, 0.6) is 17.2 Å². The second-order valence-corrected chi connectivity index (χ2v) is 6.92. The zero-order valence-corrected chi connectivity index (χ0v) is 18.5. The van der Waals surface area contributed by atoms with Gasteiger partial charge in [0.15, 0.2) is 23.1 Å². The molecule has 1 N–H and O–H groups in total. The average Bonchev–Trinajstić information content (AvgIpc) is 2.76. The fraction of sp³-hybridized carbons (Fsp3) is 0.200. The highest BCUT2D eigenvalue weighted by atomic mass is 16.6. The number of allylic oxidation sites excluding steroid dienone is 2. The van der Waals surface area contributed by atoms with E-state index in [4.69, 9.17) is 19.3 Å². The van der Waals surface area contributed by atoms with Crippen LogP contribution in [0.15, 0.2) is 48.6 Å². The van der Waals surface area contributed by atoms with Gasteiger partial charge in [0.1, 0.15) is 5.75 Å². The van der Waals surface area contributed by atoms with Crippen molar-refractivity contribution in [3.8, 4) is 17.2 Å². The Hall–Kier alpha value is -4.20. The summed E-state index contributed by atoms with van der Waals surface area (Å²) in [5.74, 6) is -1.22. The van der Waals surface area contributed by atoms with Crippen molar-refractivity contribution in [2.24, 2.45) is 0 Å². The summed E-state index contributed by atoms with van der Waals surface area (Å²) in [4.78, 5) is 46.3. The van der Waals surface area contributed by atoms with Crippen molar-refractivity contribution in [3.63, 3.8) is 0 Å². The Labute approximate surface area is 191 Å².